The summed E-state index contributed by atoms with van der Waals surface area (Å²) >= 11 is 0. The molecule has 0 saturated heterocycles. The zero-order valence-electron chi connectivity index (χ0n) is 13.6. The Balaban J connectivity index is 1.89. The van der Waals surface area contributed by atoms with Crippen molar-refractivity contribution in [1.29, 1.82) is 0 Å². The minimum absolute atomic E-state index is 1.18. The number of nitrogens with zero attached hydrogens (tertiary/aromatic N) is 1. The van der Waals surface area contributed by atoms with E-state index in [0.29, 0.717) is 0 Å². The van der Waals surface area contributed by atoms with Crippen molar-refractivity contribution in [2.75, 3.05) is 0 Å². The summed E-state index contributed by atoms with van der Waals surface area (Å²) in [4.78, 5) is 4.80. The van der Waals surface area contributed by atoms with Gasteiger partial charge in [-0.1, -0.05) is 78.9 Å². The smallest absolute Gasteiger partial charge is 0.183 e. The van der Waals surface area contributed by atoms with Crippen LogP contribution in [0.4, 0.5) is 0 Å². The van der Waals surface area contributed by atoms with E-state index >= 15 is 0 Å². The molecule has 0 radical (unpaired) electrons. The van der Waals surface area contributed by atoms with Gasteiger partial charge >= 0.3 is 0 Å². The average molecular weight is 333 g/mol. The van der Waals surface area contributed by atoms with Crippen molar-refractivity contribution in [3.05, 3.63) is 91.1 Å². The Hall–Kier alpha value is -2.97. The molecular formula is C23H15NSi. The molecule has 0 fully saturated rings. The van der Waals surface area contributed by atoms with Gasteiger partial charge < -0.3 is 0 Å². The van der Waals surface area contributed by atoms with Gasteiger partial charge in [0.2, 0.25) is 0 Å². The van der Waals surface area contributed by atoms with Crippen LogP contribution in [-0.4, -0.2) is 13.1 Å². The van der Waals surface area contributed by atoms with E-state index in [2.05, 4.69) is 84.9 Å². The van der Waals surface area contributed by atoms with Crippen molar-refractivity contribution in [2.45, 2.75) is 0 Å². The van der Waals surface area contributed by atoms with Gasteiger partial charge in [-0.2, -0.15) is 0 Å². The van der Waals surface area contributed by atoms with Crippen molar-refractivity contribution in [3.8, 4) is 22.4 Å². The highest BCUT2D eigenvalue weighted by molar-refractivity contribution is 7.24. The number of pyridine rings is 1. The second kappa shape index (κ2) is 4.56. The van der Waals surface area contributed by atoms with E-state index in [9.17, 15) is 0 Å². The SMILES string of the molecule is c1ccc2c(c1)-c1ccccc1[Si]21c2ccccc2-c2ncccc21. The predicted octanol–water partition coefficient (Wildman–Crippen LogP) is 2.42. The molecular weight excluding hydrogens is 318 g/mol. The lowest BCUT2D eigenvalue weighted by Gasteiger charge is -2.27. The number of rotatable bonds is 0. The molecule has 25 heavy (non-hydrogen) atoms. The zero-order chi connectivity index (χ0) is 16.4. The molecule has 0 amide bonds. The maximum Gasteiger partial charge on any atom is 0.183 e. The molecule has 0 unspecified atom stereocenters. The summed E-state index contributed by atoms with van der Waals surface area (Å²) in [7, 11) is -2.21. The van der Waals surface area contributed by atoms with E-state index in [4.69, 9.17) is 4.98 Å². The first kappa shape index (κ1) is 13.3. The molecule has 0 aliphatic carbocycles. The van der Waals surface area contributed by atoms with Gasteiger partial charge in [0.25, 0.3) is 0 Å². The summed E-state index contributed by atoms with van der Waals surface area (Å²) in [5.41, 5.74) is 5.29. The topological polar surface area (TPSA) is 12.9 Å². The highest BCUT2D eigenvalue weighted by atomic mass is 28.3. The van der Waals surface area contributed by atoms with Crippen LogP contribution in [0.1, 0.15) is 0 Å². The lowest BCUT2D eigenvalue weighted by molar-refractivity contribution is 1.36. The normalized spacial score (nSPS) is 14.7. The second-order valence-corrected chi connectivity index (χ2v) is 10.4. The summed E-state index contributed by atoms with van der Waals surface area (Å²) in [6.45, 7) is 0. The molecule has 0 atom stereocenters. The standard InChI is InChI=1S/C23H15NSi/c1-4-11-19-16(8-1)17-9-2-5-12-20(17)25(19)21-13-6-3-10-18(21)23-22(25)14-7-15-24-23/h1-15H. The highest BCUT2D eigenvalue weighted by Gasteiger charge is 2.54. The predicted molar refractivity (Wildman–Crippen MR) is 106 cm³/mol. The number of benzene rings is 3. The van der Waals surface area contributed by atoms with Gasteiger partial charge in [-0.3, -0.25) is 4.98 Å². The molecule has 3 aromatic carbocycles. The third-order valence-corrected chi connectivity index (χ3v) is 10.7. The van der Waals surface area contributed by atoms with Gasteiger partial charge in [0.1, 0.15) is 0 Å². The fraction of sp³-hybridized carbons (Fsp3) is 0. The fourth-order valence-corrected chi connectivity index (χ4v) is 10.4. The molecule has 1 nitrogen and oxygen atoms in total. The van der Waals surface area contributed by atoms with Crippen molar-refractivity contribution in [3.63, 3.8) is 0 Å². The van der Waals surface area contributed by atoms with Gasteiger partial charge in [-0.25, -0.2) is 0 Å². The second-order valence-electron chi connectivity index (χ2n) is 6.79. The monoisotopic (exact) mass is 333 g/mol. The maximum absolute atomic E-state index is 4.80. The molecule has 116 valence electrons. The zero-order valence-corrected chi connectivity index (χ0v) is 14.6. The maximum atomic E-state index is 4.80. The van der Waals surface area contributed by atoms with Crippen LogP contribution < -0.4 is 20.7 Å². The Bertz CT molecular complexity index is 974. The Kier molecular flexibility index (Phi) is 2.43. The van der Waals surface area contributed by atoms with Crippen molar-refractivity contribution < 1.29 is 0 Å². The Morgan fingerprint density at radius 2 is 0.960 bits per heavy atom. The Morgan fingerprint density at radius 1 is 0.480 bits per heavy atom. The molecule has 2 aliphatic heterocycles. The molecule has 0 bridgehead atoms. The molecule has 0 saturated carbocycles. The van der Waals surface area contributed by atoms with Crippen molar-refractivity contribution in [2.24, 2.45) is 0 Å². The lowest BCUT2D eigenvalue weighted by Crippen LogP contribution is -2.70. The number of hydrogen-bond acceptors (Lipinski definition) is 1. The largest absolute Gasteiger partial charge is 0.256 e. The molecule has 4 aromatic rings. The summed E-state index contributed by atoms with van der Waals surface area (Å²) in [6.07, 6.45) is 1.93. The molecule has 1 aromatic heterocycles. The molecule has 2 aliphatic rings. The minimum atomic E-state index is -2.21. The number of hydrogen-bond donors (Lipinski definition) is 0. The van der Waals surface area contributed by atoms with Gasteiger partial charge in [0.15, 0.2) is 8.07 Å². The van der Waals surface area contributed by atoms with Crippen LogP contribution in [-0.2, 0) is 0 Å². The molecule has 0 N–H and O–H groups in total. The summed E-state index contributed by atoms with van der Waals surface area (Å²) in [6, 6.07) is 31.3. The first-order chi connectivity index (χ1) is 12.4. The van der Waals surface area contributed by atoms with Crippen LogP contribution in [0, 0.1) is 0 Å². The quantitative estimate of drug-likeness (QED) is 0.389. The Morgan fingerprint density at radius 3 is 1.60 bits per heavy atom. The van der Waals surface area contributed by atoms with E-state index in [0.717, 1.165) is 0 Å². The summed E-state index contributed by atoms with van der Waals surface area (Å²) in [5, 5.41) is 5.94. The van der Waals surface area contributed by atoms with E-state index in [1.807, 2.05) is 6.20 Å². The molecule has 3 heterocycles. The van der Waals surface area contributed by atoms with Crippen LogP contribution in [0.5, 0.6) is 0 Å². The average Bonchev–Trinajstić information content (AvgIpc) is 3.16. The van der Waals surface area contributed by atoms with Crippen LogP contribution in [0.3, 0.4) is 0 Å². The van der Waals surface area contributed by atoms with Crippen LogP contribution >= 0.6 is 0 Å². The highest BCUT2D eigenvalue weighted by Crippen LogP contribution is 2.34. The van der Waals surface area contributed by atoms with Gasteiger partial charge in [0, 0.05) is 11.8 Å². The van der Waals surface area contributed by atoms with Crippen LogP contribution in [0.25, 0.3) is 22.4 Å². The van der Waals surface area contributed by atoms with E-state index in [1.165, 1.54) is 43.1 Å². The van der Waals surface area contributed by atoms with E-state index in [1.54, 1.807) is 0 Å². The van der Waals surface area contributed by atoms with Gasteiger partial charge in [-0.15, -0.1) is 0 Å². The fourth-order valence-electron chi connectivity index (χ4n) is 4.90. The third-order valence-electron chi connectivity index (χ3n) is 5.75. The van der Waals surface area contributed by atoms with Crippen LogP contribution in [0.15, 0.2) is 91.1 Å². The third kappa shape index (κ3) is 1.43. The number of fused-ring (bicyclic) bond motifs is 10. The lowest BCUT2D eigenvalue weighted by atomic mass is 10.1. The summed E-state index contributed by atoms with van der Waals surface area (Å²) < 4.78 is 0. The summed E-state index contributed by atoms with van der Waals surface area (Å²) in [5.74, 6) is 0. The number of aromatic nitrogens is 1. The minimum Gasteiger partial charge on any atom is -0.256 e. The van der Waals surface area contributed by atoms with Crippen molar-refractivity contribution >= 4 is 28.8 Å². The Labute approximate surface area is 147 Å². The van der Waals surface area contributed by atoms with E-state index < -0.39 is 8.07 Å². The van der Waals surface area contributed by atoms with Gasteiger partial charge in [0.05, 0.1) is 5.69 Å². The van der Waals surface area contributed by atoms with Crippen molar-refractivity contribution in [1.82, 2.24) is 4.98 Å². The molecule has 2 heteroatoms. The first-order valence-corrected chi connectivity index (χ1v) is 10.7. The van der Waals surface area contributed by atoms with Crippen LogP contribution in [0.2, 0.25) is 0 Å². The first-order valence-electron chi connectivity index (χ1n) is 8.67. The molecule has 1 spiro atoms. The van der Waals surface area contributed by atoms with Gasteiger partial charge in [-0.05, 0) is 37.9 Å². The molecule has 6 rings (SSSR count). The van der Waals surface area contributed by atoms with E-state index in [-0.39, 0.29) is 0 Å².